The molecule has 0 bridgehead atoms. The zero-order valence-electron chi connectivity index (χ0n) is 15.1. The van der Waals surface area contributed by atoms with E-state index >= 15 is 0 Å². The Morgan fingerprint density at radius 2 is 2.12 bits per heavy atom. The number of carbonyl (C=O) groups is 2. The normalized spacial score (nSPS) is 31.7. The molecule has 1 saturated carbocycles. The summed E-state index contributed by atoms with van der Waals surface area (Å²) in [7, 11) is 0. The third-order valence-electron chi connectivity index (χ3n) is 6.13. The molecule has 26 heavy (non-hydrogen) atoms. The summed E-state index contributed by atoms with van der Waals surface area (Å²) in [5.74, 6) is -0.129. The van der Waals surface area contributed by atoms with Gasteiger partial charge in [0.15, 0.2) is 5.69 Å². The number of nitrogens with two attached hydrogens (primary N) is 1. The lowest BCUT2D eigenvalue weighted by molar-refractivity contribution is 0.0357. The molecule has 2 aliphatic heterocycles. The fourth-order valence-electron chi connectivity index (χ4n) is 4.32. The molecule has 2 saturated heterocycles. The van der Waals surface area contributed by atoms with E-state index in [2.05, 4.69) is 10.3 Å². The van der Waals surface area contributed by atoms with Crippen LogP contribution in [-0.4, -0.2) is 74.6 Å². The smallest absolute Gasteiger partial charge is 0.410 e. The molecule has 142 valence electrons. The highest BCUT2D eigenvalue weighted by atomic mass is 16.6. The number of aromatic nitrogens is 3. The highest BCUT2D eigenvalue weighted by Gasteiger charge is 2.50. The molecule has 1 atom stereocenters. The second-order valence-electron chi connectivity index (χ2n) is 7.66. The van der Waals surface area contributed by atoms with Crippen molar-refractivity contribution in [3.63, 3.8) is 0 Å². The SMILES string of the molecule is CCC12COC(=O)N1CCN(C(=O)c1cn(C3CCC(N)CC3)nn1)C2. The maximum absolute atomic E-state index is 12.9. The van der Waals surface area contributed by atoms with Crippen LogP contribution in [0.25, 0.3) is 0 Å². The monoisotopic (exact) mass is 362 g/mol. The van der Waals surface area contributed by atoms with Gasteiger partial charge in [0.25, 0.3) is 5.91 Å². The molecule has 2 amide bonds. The molecule has 3 aliphatic rings. The van der Waals surface area contributed by atoms with Gasteiger partial charge in [0.2, 0.25) is 0 Å². The largest absolute Gasteiger partial charge is 0.447 e. The lowest BCUT2D eigenvalue weighted by Gasteiger charge is -2.43. The maximum Gasteiger partial charge on any atom is 0.410 e. The molecule has 1 unspecified atom stereocenters. The quantitative estimate of drug-likeness (QED) is 0.851. The predicted molar refractivity (Wildman–Crippen MR) is 92.5 cm³/mol. The number of cyclic esters (lactones) is 1. The molecule has 4 rings (SSSR count). The van der Waals surface area contributed by atoms with Crippen molar-refractivity contribution in [3.8, 4) is 0 Å². The molecule has 1 aromatic heterocycles. The first-order valence-corrected chi connectivity index (χ1v) is 9.43. The Morgan fingerprint density at radius 3 is 2.85 bits per heavy atom. The number of carbonyl (C=O) groups excluding carboxylic acids is 2. The fourth-order valence-corrected chi connectivity index (χ4v) is 4.32. The second kappa shape index (κ2) is 6.53. The Bertz CT molecular complexity index is 698. The Hall–Kier alpha value is -2.16. The molecule has 0 aromatic carbocycles. The zero-order chi connectivity index (χ0) is 18.3. The van der Waals surface area contributed by atoms with Crippen LogP contribution in [-0.2, 0) is 4.74 Å². The Kier molecular flexibility index (Phi) is 4.34. The van der Waals surface area contributed by atoms with Gasteiger partial charge in [0.05, 0.1) is 17.8 Å². The molecule has 3 fully saturated rings. The summed E-state index contributed by atoms with van der Waals surface area (Å²) in [6, 6.07) is 0.539. The molecule has 3 heterocycles. The zero-order valence-corrected chi connectivity index (χ0v) is 15.1. The van der Waals surface area contributed by atoms with E-state index in [1.807, 2.05) is 11.6 Å². The van der Waals surface area contributed by atoms with Gasteiger partial charge in [-0.2, -0.15) is 0 Å². The third kappa shape index (κ3) is 2.84. The van der Waals surface area contributed by atoms with E-state index in [0.717, 1.165) is 32.1 Å². The van der Waals surface area contributed by atoms with Crippen molar-refractivity contribution in [3.05, 3.63) is 11.9 Å². The van der Waals surface area contributed by atoms with E-state index in [1.165, 1.54) is 0 Å². The van der Waals surface area contributed by atoms with E-state index in [-0.39, 0.29) is 24.1 Å². The van der Waals surface area contributed by atoms with E-state index < -0.39 is 5.54 Å². The topological polar surface area (TPSA) is 107 Å². The fraction of sp³-hybridized carbons (Fsp3) is 0.765. The summed E-state index contributed by atoms with van der Waals surface area (Å²) in [5, 5.41) is 8.30. The van der Waals surface area contributed by atoms with Gasteiger partial charge in [-0.05, 0) is 32.1 Å². The van der Waals surface area contributed by atoms with Gasteiger partial charge >= 0.3 is 6.09 Å². The average Bonchev–Trinajstić information content (AvgIpc) is 3.27. The minimum absolute atomic E-state index is 0.129. The molecule has 9 nitrogen and oxygen atoms in total. The van der Waals surface area contributed by atoms with Crippen molar-refractivity contribution >= 4 is 12.0 Å². The van der Waals surface area contributed by atoms with Crippen LogP contribution in [0.5, 0.6) is 0 Å². The first kappa shape index (κ1) is 17.3. The van der Waals surface area contributed by atoms with Gasteiger partial charge in [-0.3, -0.25) is 9.69 Å². The van der Waals surface area contributed by atoms with Crippen molar-refractivity contribution in [2.24, 2.45) is 5.73 Å². The van der Waals surface area contributed by atoms with E-state index in [4.69, 9.17) is 10.5 Å². The molecular formula is C17H26N6O3. The van der Waals surface area contributed by atoms with Gasteiger partial charge in [-0.25, -0.2) is 9.48 Å². The lowest BCUT2D eigenvalue weighted by Crippen LogP contribution is -2.62. The molecule has 0 radical (unpaired) electrons. The Morgan fingerprint density at radius 1 is 1.35 bits per heavy atom. The summed E-state index contributed by atoms with van der Waals surface area (Å²) in [6.07, 6.45) is 6.11. The number of hydrogen-bond acceptors (Lipinski definition) is 6. The lowest BCUT2D eigenvalue weighted by atomic mass is 9.92. The van der Waals surface area contributed by atoms with E-state index in [0.29, 0.717) is 31.9 Å². The number of piperazine rings is 1. The van der Waals surface area contributed by atoms with Crippen LogP contribution in [0.1, 0.15) is 55.6 Å². The van der Waals surface area contributed by atoms with Crippen LogP contribution >= 0.6 is 0 Å². The number of nitrogens with zero attached hydrogens (tertiary/aromatic N) is 5. The number of amides is 2. The van der Waals surface area contributed by atoms with Crippen LogP contribution in [0.3, 0.4) is 0 Å². The minimum Gasteiger partial charge on any atom is -0.447 e. The summed E-state index contributed by atoms with van der Waals surface area (Å²) in [5.41, 5.74) is 5.91. The molecule has 1 aliphatic carbocycles. The van der Waals surface area contributed by atoms with Gasteiger partial charge in [-0.15, -0.1) is 5.10 Å². The van der Waals surface area contributed by atoms with Crippen LogP contribution in [0.2, 0.25) is 0 Å². The molecule has 1 aromatic rings. The van der Waals surface area contributed by atoms with Gasteiger partial charge < -0.3 is 15.4 Å². The first-order valence-electron chi connectivity index (χ1n) is 9.43. The average molecular weight is 362 g/mol. The molecular weight excluding hydrogens is 336 g/mol. The van der Waals surface area contributed by atoms with Crippen LogP contribution in [0.15, 0.2) is 6.20 Å². The summed E-state index contributed by atoms with van der Waals surface area (Å²) in [6.45, 7) is 3.81. The molecule has 0 spiro atoms. The maximum atomic E-state index is 12.9. The summed E-state index contributed by atoms with van der Waals surface area (Å²) >= 11 is 0. The van der Waals surface area contributed by atoms with Gasteiger partial charge in [0.1, 0.15) is 6.61 Å². The predicted octanol–water partition coefficient (Wildman–Crippen LogP) is 0.777. The number of fused-ring (bicyclic) bond motifs is 1. The van der Waals surface area contributed by atoms with Crippen molar-refractivity contribution in [2.75, 3.05) is 26.2 Å². The van der Waals surface area contributed by atoms with Crippen molar-refractivity contribution in [2.45, 2.75) is 56.7 Å². The van der Waals surface area contributed by atoms with Crippen LogP contribution < -0.4 is 5.73 Å². The molecule has 9 heteroatoms. The van der Waals surface area contributed by atoms with Gasteiger partial charge in [-0.1, -0.05) is 12.1 Å². The Labute approximate surface area is 152 Å². The molecule has 2 N–H and O–H groups in total. The first-order chi connectivity index (χ1) is 12.5. The highest BCUT2D eigenvalue weighted by molar-refractivity contribution is 5.92. The van der Waals surface area contributed by atoms with Gasteiger partial charge in [0, 0.05) is 25.7 Å². The second-order valence-corrected chi connectivity index (χ2v) is 7.66. The number of rotatable bonds is 3. The number of hydrogen-bond donors (Lipinski definition) is 1. The third-order valence-corrected chi connectivity index (χ3v) is 6.13. The minimum atomic E-state index is -0.416. The van der Waals surface area contributed by atoms with E-state index in [9.17, 15) is 9.59 Å². The van der Waals surface area contributed by atoms with Crippen molar-refractivity contribution < 1.29 is 14.3 Å². The van der Waals surface area contributed by atoms with Crippen molar-refractivity contribution in [1.82, 2.24) is 24.8 Å². The van der Waals surface area contributed by atoms with Crippen LogP contribution in [0, 0.1) is 0 Å². The standard InChI is InChI=1S/C17H26N6O3/c1-2-17-10-21(7-8-22(17)16(25)26-11-17)15(24)14-9-23(20-19-14)13-5-3-12(18)4-6-13/h9,12-13H,2-8,10-11,18H2,1H3. The van der Waals surface area contributed by atoms with Crippen molar-refractivity contribution in [1.29, 1.82) is 0 Å². The number of ether oxygens (including phenoxy) is 1. The highest BCUT2D eigenvalue weighted by Crippen LogP contribution is 2.32. The van der Waals surface area contributed by atoms with Crippen LogP contribution in [0.4, 0.5) is 4.79 Å². The van der Waals surface area contributed by atoms with E-state index in [1.54, 1.807) is 16.0 Å². The summed E-state index contributed by atoms with van der Waals surface area (Å²) < 4.78 is 7.04. The Balaban J connectivity index is 1.46. The summed E-state index contributed by atoms with van der Waals surface area (Å²) in [4.78, 5) is 28.3.